The molecule has 1 saturated heterocycles. The first-order valence-electron chi connectivity index (χ1n) is 10.9. The van der Waals surface area contributed by atoms with Gasteiger partial charge in [0.25, 0.3) is 0 Å². The molecule has 7 heteroatoms. The predicted molar refractivity (Wildman–Crippen MR) is 134 cm³/mol. The van der Waals surface area contributed by atoms with Crippen LogP contribution in [0.2, 0.25) is 0 Å². The van der Waals surface area contributed by atoms with E-state index in [2.05, 4.69) is 20.5 Å². The van der Waals surface area contributed by atoms with Crippen LogP contribution in [0.1, 0.15) is 44.9 Å². The molecule has 1 unspecified atom stereocenters. The molecule has 3 rings (SSSR count). The molecule has 1 atom stereocenters. The Morgan fingerprint density at radius 1 is 1.10 bits per heavy atom. The van der Waals surface area contributed by atoms with Crippen molar-refractivity contribution in [2.24, 2.45) is 10.9 Å². The van der Waals surface area contributed by atoms with Crippen LogP contribution < -0.4 is 10.6 Å². The number of hydrogen-bond donors (Lipinski definition) is 2. The van der Waals surface area contributed by atoms with Crippen molar-refractivity contribution in [1.82, 2.24) is 15.5 Å². The molecule has 1 aliphatic carbocycles. The average Bonchev–Trinajstić information content (AvgIpc) is 2.75. The molecule has 2 fully saturated rings. The molecule has 1 aromatic carbocycles. The summed E-state index contributed by atoms with van der Waals surface area (Å²) < 4.78 is 12.3. The van der Waals surface area contributed by atoms with Crippen molar-refractivity contribution < 1.29 is 4.21 Å². The highest BCUT2D eigenvalue weighted by molar-refractivity contribution is 14.0. The zero-order valence-corrected chi connectivity index (χ0v) is 20.8. The minimum absolute atomic E-state index is 0. The lowest BCUT2D eigenvalue weighted by atomic mass is 9.88. The lowest BCUT2D eigenvalue weighted by Gasteiger charge is -2.36. The molecule has 1 saturated carbocycles. The van der Waals surface area contributed by atoms with Gasteiger partial charge in [0.1, 0.15) is 0 Å². The Labute approximate surface area is 196 Å². The summed E-state index contributed by atoms with van der Waals surface area (Å²) in [5.74, 6) is 2.35. The van der Waals surface area contributed by atoms with Gasteiger partial charge in [0.2, 0.25) is 0 Å². The number of likely N-dealkylation sites (tertiary alicyclic amines) is 1. The van der Waals surface area contributed by atoms with E-state index in [9.17, 15) is 4.21 Å². The van der Waals surface area contributed by atoms with Crippen LogP contribution >= 0.6 is 24.0 Å². The molecule has 164 valence electrons. The van der Waals surface area contributed by atoms with Gasteiger partial charge in [0, 0.05) is 49.9 Å². The Balaban J connectivity index is 0.00000300. The van der Waals surface area contributed by atoms with E-state index in [1.54, 1.807) is 0 Å². The number of hydrogen-bond acceptors (Lipinski definition) is 3. The molecule has 0 amide bonds. The Morgan fingerprint density at radius 3 is 2.45 bits per heavy atom. The molecule has 29 heavy (non-hydrogen) atoms. The van der Waals surface area contributed by atoms with E-state index in [0.717, 1.165) is 16.8 Å². The van der Waals surface area contributed by atoms with Crippen LogP contribution in [0.4, 0.5) is 0 Å². The van der Waals surface area contributed by atoms with Gasteiger partial charge in [-0.2, -0.15) is 0 Å². The van der Waals surface area contributed by atoms with E-state index >= 15 is 0 Å². The third kappa shape index (κ3) is 8.53. The van der Waals surface area contributed by atoms with Gasteiger partial charge < -0.3 is 15.5 Å². The van der Waals surface area contributed by atoms with Gasteiger partial charge in [-0.3, -0.25) is 9.20 Å². The fourth-order valence-electron chi connectivity index (χ4n) is 4.33. The van der Waals surface area contributed by atoms with Crippen LogP contribution in [0.3, 0.4) is 0 Å². The molecule has 0 spiro atoms. The fourth-order valence-corrected chi connectivity index (χ4v) is 5.32. The van der Waals surface area contributed by atoms with Crippen LogP contribution in [-0.2, 0) is 10.8 Å². The van der Waals surface area contributed by atoms with E-state index in [-0.39, 0.29) is 24.0 Å². The molecule has 1 aliphatic heterocycles. The van der Waals surface area contributed by atoms with Gasteiger partial charge in [0.15, 0.2) is 5.96 Å². The van der Waals surface area contributed by atoms with Gasteiger partial charge in [-0.05, 0) is 43.7 Å². The van der Waals surface area contributed by atoms with Crippen LogP contribution in [0.5, 0.6) is 0 Å². The van der Waals surface area contributed by atoms with E-state index < -0.39 is 10.8 Å². The molecule has 1 heterocycles. The maximum absolute atomic E-state index is 12.3. The monoisotopic (exact) mass is 532 g/mol. The minimum atomic E-state index is -0.969. The Bertz CT molecular complexity index is 629. The molecule has 5 nitrogen and oxygen atoms in total. The third-order valence-electron chi connectivity index (χ3n) is 5.98. The highest BCUT2D eigenvalue weighted by atomic mass is 127. The van der Waals surface area contributed by atoms with E-state index in [0.29, 0.717) is 18.3 Å². The summed E-state index contributed by atoms with van der Waals surface area (Å²) in [5, 5.41) is 6.88. The predicted octanol–water partition coefficient (Wildman–Crippen LogP) is 3.62. The lowest BCUT2D eigenvalue weighted by molar-refractivity contribution is 0.160. The summed E-state index contributed by atoms with van der Waals surface area (Å²) >= 11 is 0. The van der Waals surface area contributed by atoms with E-state index in [1.807, 2.05) is 37.4 Å². The second-order valence-electron chi connectivity index (χ2n) is 8.08. The van der Waals surface area contributed by atoms with Crippen LogP contribution in [-0.4, -0.2) is 60.1 Å². The van der Waals surface area contributed by atoms with Crippen molar-refractivity contribution in [2.75, 3.05) is 39.0 Å². The summed E-state index contributed by atoms with van der Waals surface area (Å²) in [6.07, 6.45) is 9.50. The van der Waals surface area contributed by atoms with Crippen LogP contribution in [0, 0.1) is 5.92 Å². The van der Waals surface area contributed by atoms with Crippen molar-refractivity contribution >= 4 is 40.7 Å². The maximum Gasteiger partial charge on any atom is 0.191 e. The fraction of sp³-hybridized carbons (Fsp3) is 0.682. The van der Waals surface area contributed by atoms with E-state index in [1.165, 1.54) is 64.6 Å². The number of rotatable bonds is 7. The summed E-state index contributed by atoms with van der Waals surface area (Å²) in [5.41, 5.74) is 0. The second kappa shape index (κ2) is 13.6. The molecule has 0 radical (unpaired) electrons. The lowest BCUT2D eigenvalue weighted by Crippen LogP contribution is -2.49. The number of aliphatic imine (C=N–C) groups is 1. The molecule has 2 N–H and O–H groups in total. The summed E-state index contributed by atoms with van der Waals surface area (Å²) in [7, 11) is 0.838. The van der Waals surface area contributed by atoms with Gasteiger partial charge in [-0.1, -0.05) is 37.5 Å². The van der Waals surface area contributed by atoms with Gasteiger partial charge in [-0.15, -0.1) is 24.0 Å². The SMILES string of the molecule is CN=C(NCCS(=O)c1ccccc1)NC1CCN(CC2CCCCC2)CC1.I. The van der Waals surface area contributed by atoms with Crippen molar-refractivity contribution in [1.29, 1.82) is 0 Å². The van der Waals surface area contributed by atoms with Crippen molar-refractivity contribution in [3.05, 3.63) is 30.3 Å². The quantitative estimate of drug-likeness (QED) is 0.320. The molecular weight excluding hydrogens is 495 g/mol. The van der Waals surface area contributed by atoms with Crippen molar-refractivity contribution in [2.45, 2.75) is 55.9 Å². The number of benzene rings is 1. The highest BCUT2D eigenvalue weighted by Crippen LogP contribution is 2.25. The van der Waals surface area contributed by atoms with Crippen LogP contribution in [0.15, 0.2) is 40.2 Å². The smallest absolute Gasteiger partial charge is 0.191 e. The van der Waals surface area contributed by atoms with Crippen molar-refractivity contribution in [3.63, 3.8) is 0 Å². The highest BCUT2D eigenvalue weighted by Gasteiger charge is 2.23. The minimum Gasteiger partial charge on any atom is -0.355 e. The molecule has 1 aromatic rings. The first-order chi connectivity index (χ1) is 13.7. The number of halogens is 1. The number of nitrogens with one attached hydrogen (secondary N) is 2. The standard InChI is InChI=1S/C22H36N4OS.HI/c1-23-22(24-14-17-28(27)21-10-6-3-7-11-21)25-20-12-15-26(16-13-20)18-19-8-4-2-5-9-19;/h3,6-7,10-11,19-20H,2,4-5,8-9,12-18H2,1H3,(H2,23,24,25);1H. The third-order valence-corrected chi connectivity index (χ3v) is 7.35. The largest absolute Gasteiger partial charge is 0.355 e. The Kier molecular flexibility index (Phi) is 11.5. The Morgan fingerprint density at radius 2 is 1.79 bits per heavy atom. The number of guanidine groups is 1. The van der Waals surface area contributed by atoms with Crippen molar-refractivity contribution in [3.8, 4) is 0 Å². The van der Waals surface area contributed by atoms with E-state index in [4.69, 9.17) is 0 Å². The summed E-state index contributed by atoms with van der Waals surface area (Å²) in [4.78, 5) is 7.89. The first kappa shape index (κ1) is 24.6. The summed E-state index contributed by atoms with van der Waals surface area (Å²) in [6, 6.07) is 10.1. The first-order valence-corrected chi connectivity index (χ1v) is 12.2. The zero-order chi connectivity index (χ0) is 19.6. The number of piperidine rings is 1. The molecule has 2 aliphatic rings. The zero-order valence-electron chi connectivity index (χ0n) is 17.6. The number of nitrogens with zero attached hydrogens (tertiary/aromatic N) is 2. The van der Waals surface area contributed by atoms with Gasteiger partial charge in [-0.25, -0.2) is 0 Å². The molecular formula is C22H37IN4OS. The maximum atomic E-state index is 12.3. The average molecular weight is 533 g/mol. The second-order valence-corrected chi connectivity index (χ2v) is 9.66. The Hall–Kier alpha value is -0.670. The summed E-state index contributed by atoms with van der Waals surface area (Å²) in [6.45, 7) is 4.32. The molecule has 0 bridgehead atoms. The van der Waals surface area contributed by atoms with Gasteiger partial charge in [0.05, 0.1) is 10.8 Å². The van der Waals surface area contributed by atoms with Gasteiger partial charge >= 0.3 is 0 Å². The molecule has 0 aromatic heterocycles. The topological polar surface area (TPSA) is 56.7 Å². The van der Waals surface area contributed by atoms with Crippen LogP contribution in [0.25, 0.3) is 0 Å². The normalized spacial score (nSPS) is 20.7.